The summed E-state index contributed by atoms with van der Waals surface area (Å²) in [7, 11) is 0. The molecule has 2 N–H and O–H groups in total. The van der Waals surface area contributed by atoms with Crippen LogP contribution in [0, 0.1) is 0 Å². The average molecular weight is 301 g/mol. The van der Waals surface area contributed by atoms with E-state index in [1.165, 1.54) is 12.1 Å². The van der Waals surface area contributed by atoms with E-state index in [4.69, 9.17) is 4.74 Å². The lowest BCUT2D eigenvalue weighted by Crippen LogP contribution is -2.52. The molecule has 2 fully saturated rings. The van der Waals surface area contributed by atoms with Gasteiger partial charge in [0, 0.05) is 37.9 Å². The maximum Gasteiger partial charge on any atom is 0.268 e. The van der Waals surface area contributed by atoms with Crippen LogP contribution in [0.1, 0.15) is 32.1 Å². The van der Waals surface area contributed by atoms with Crippen LogP contribution < -0.4 is 20.3 Å². The second kappa shape index (κ2) is 5.47. The molecule has 1 spiro atoms. The van der Waals surface area contributed by atoms with Gasteiger partial charge in [0.2, 0.25) is 0 Å². The topological polar surface area (TPSA) is 53.6 Å². The number of hydrogen-bond donors (Lipinski definition) is 2. The van der Waals surface area contributed by atoms with Crippen LogP contribution in [-0.4, -0.2) is 37.7 Å². The Bertz CT molecular complexity index is 575. The van der Waals surface area contributed by atoms with Crippen LogP contribution in [0.25, 0.3) is 0 Å². The molecular weight excluding hydrogens is 278 g/mol. The third-order valence-corrected chi connectivity index (χ3v) is 5.08. The van der Waals surface area contributed by atoms with Crippen molar-refractivity contribution in [3.8, 4) is 5.75 Å². The number of nitrogens with zero attached hydrogens (tertiary/aromatic N) is 1. The van der Waals surface area contributed by atoms with E-state index in [1.807, 2.05) is 6.07 Å². The second-order valence-electron chi connectivity index (χ2n) is 6.53. The molecule has 1 aromatic carbocycles. The van der Waals surface area contributed by atoms with E-state index in [-0.39, 0.29) is 5.91 Å². The summed E-state index contributed by atoms with van der Waals surface area (Å²) in [4.78, 5) is 14.8. The Balaban J connectivity index is 1.62. The molecule has 0 atom stereocenters. The molecule has 5 nitrogen and oxygen atoms in total. The lowest BCUT2D eigenvalue weighted by Gasteiger charge is -2.40. The Kier molecular flexibility index (Phi) is 3.45. The summed E-state index contributed by atoms with van der Waals surface area (Å²) in [5, 5.41) is 6.43. The van der Waals surface area contributed by atoms with E-state index < -0.39 is 5.60 Å². The summed E-state index contributed by atoms with van der Waals surface area (Å²) < 4.78 is 6.25. The van der Waals surface area contributed by atoms with Crippen LogP contribution in [0.2, 0.25) is 0 Å². The lowest BCUT2D eigenvalue weighted by molar-refractivity contribution is -0.135. The molecular formula is C17H23N3O2. The predicted octanol–water partition coefficient (Wildman–Crippen LogP) is 2.13. The first-order chi connectivity index (χ1) is 10.8. The van der Waals surface area contributed by atoms with E-state index in [9.17, 15) is 4.79 Å². The van der Waals surface area contributed by atoms with Crippen molar-refractivity contribution in [3.63, 3.8) is 0 Å². The normalized spacial score (nSPS) is 23.6. The number of anilines is 2. The molecule has 3 aliphatic rings. The van der Waals surface area contributed by atoms with Gasteiger partial charge in [-0.2, -0.15) is 0 Å². The first-order valence-electron chi connectivity index (χ1n) is 8.37. The first-order valence-corrected chi connectivity index (χ1v) is 8.37. The highest BCUT2D eigenvalue weighted by Crippen LogP contribution is 2.42. The predicted molar refractivity (Wildman–Crippen MR) is 86.6 cm³/mol. The van der Waals surface area contributed by atoms with Crippen molar-refractivity contribution in [1.82, 2.24) is 5.32 Å². The SMILES string of the molecule is O=C1Nc2ccc(N3CCNCC3)cc2OC12CCCCC2. The van der Waals surface area contributed by atoms with E-state index in [1.54, 1.807) is 0 Å². The van der Waals surface area contributed by atoms with Crippen LogP contribution in [0.5, 0.6) is 5.75 Å². The summed E-state index contributed by atoms with van der Waals surface area (Å²) in [6, 6.07) is 6.14. The van der Waals surface area contributed by atoms with Crippen molar-refractivity contribution in [2.75, 3.05) is 36.4 Å². The largest absolute Gasteiger partial charge is 0.475 e. The first kappa shape index (κ1) is 13.9. The fraction of sp³-hybridized carbons (Fsp3) is 0.588. The van der Waals surface area contributed by atoms with Crippen LogP contribution in [-0.2, 0) is 4.79 Å². The van der Waals surface area contributed by atoms with Gasteiger partial charge in [0.25, 0.3) is 5.91 Å². The number of fused-ring (bicyclic) bond motifs is 1. The van der Waals surface area contributed by atoms with Gasteiger partial charge in [-0.15, -0.1) is 0 Å². The number of ether oxygens (including phenoxy) is 1. The molecule has 5 heteroatoms. The van der Waals surface area contributed by atoms with Gasteiger partial charge in [0.15, 0.2) is 5.60 Å². The molecule has 2 heterocycles. The van der Waals surface area contributed by atoms with Crippen LogP contribution in [0.3, 0.4) is 0 Å². The number of rotatable bonds is 1. The molecule has 1 saturated carbocycles. The third-order valence-electron chi connectivity index (χ3n) is 5.08. The van der Waals surface area contributed by atoms with Gasteiger partial charge < -0.3 is 20.3 Å². The molecule has 1 aliphatic carbocycles. The highest BCUT2D eigenvalue weighted by Gasteiger charge is 2.45. The van der Waals surface area contributed by atoms with Crippen molar-refractivity contribution in [3.05, 3.63) is 18.2 Å². The zero-order chi connectivity index (χ0) is 15.0. The van der Waals surface area contributed by atoms with Crippen LogP contribution in [0.15, 0.2) is 18.2 Å². The summed E-state index contributed by atoms with van der Waals surface area (Å²) in [6.45, 7) is 4.05. The van der Waals surface area contributed by atoms with Crippen LogP contribution >= 0.6 is 0 Å². The maximum absolute atomic E-state index is 12.5. The summed E-state index contributed by atoms with van der Waals surface area (Å²) in [6.07, 6.45) is 5.00. The van der Waals surface area contributed by atoms with Gasteiger partial charge in [-0.25, -0.2) is 0 Å². The minimum atomic E-state index is -0.632. The maximum atomic E-state index is 12.5. The molecule has 0 aromatic heterocycles. The van der Waals surface area contributed by atoms with E-state index >= 15 is 0 Å². The Hall–Kier alpha value is -1.75. The molecule has 0 radical (unpaired) electrons. The summed E-state index contributed by atoms with van der Waals surface area (Å²) >= 11 is 0. The number of nitrogens with one attached hydrogen (secondary N) is 2. The van der Waals surface area contributed by atoms with Gasteiger partial charge in [-0.05, 0) is 37.8 Å². The Morgan fingerprint density at radius 2 is 1.86 bits per heavy atom. The van der Waals surface area contributed by atoms with Gasteiger partial charge >= 0.3 is 0 Å². The van der Waals surface area contributed by atoms with E-state index in [0.29, 0.717) is 0 Å². The van der Waals surface area contributed by atoms with E-state index in [0.717, 1.165) is 63.3 Å². The van der Waals surface area contributed by atoms with Crippen molar-refractivity contribution in [2.45, 2.75) is 37.7 Å². The minimum Gasteiger partial charge on any atom is -0.475 e. The molecule has 22 heavy (non-hydrogen) atoms. The number of benzene rings is 1. The molecule has 118 valence electrons. The monoisotopic (exact) mass is 301 g/mol. The fourth-order valence-electron chi connectivity index (χ4n) is 3.76. The Labute approximate surface area is 131 Å². The Morgan fingerprint density at radius 3 is 2.64 bits per heavy atom. The molecule has 0 bridgehead atoms. The molecule has 2 aliphatic heterocycles. The Morgan fingerprint density at radius 1 is 1.09 bits per heavy atom. The quantitative estimate of drug-likeness (QED) is 0.834. The molecule has 4 rings (SSSR count). The molecule has 1 aromatic rings. The molecule has 0 unspecified atom stereocenters. The highest BCUT2D eigenvalue weighted by atomic mass is 16.5. The fourth-order valence-corrected chi connectivity index (χ4v) is 3.76. The zero-order valence-electron chi connectivity index (χ0n) is 12.9. The van der Waals surface area contributed by atoms with Gasteiger partial charge in [0.05, 0.1) is 5.69 Å². The van der Waals surface area contributed by atoms with Crippen molar-refractivity contribution < 1.29 is 9.53 Å². The standard InChI is InChI=1S/C17H23N3O2/c21-16-17(6-2-1-3-7-17)22-15-12-13(4-5-14(15)19-16)20-10-8-18-9-11-20/h4-5,12,18H,1-3,6-11H2,(H,19,21). The van der Waals surface area contributed by atoms with Crippen molar-refractivity contribution in [2.24, 2.45) is 0 Å². The summed E-state index contributed by atoms with van der Waals surface area (Å²) in [5.41, 5.74) is 1.36. The second-order valence-corrected chi connectivity index (χ2v) is 6.53. The van der Waals surface area contributed by atoms with E-state index in [2.05, 4.69) is 27.7 Å². The molecule has 1 amide bonds. The van der Waals surface area contributed by atoms with Gasteiger partial charge in [0.1, 0.15) is 5.75 Å². The number of carbonyl (C=O) groups is 1. The third kappa shape index (κ3) is 2.33. The summed E-state index contributed by atoms with van der Waals surface area (Å²) in [5.74, 6) is 0.868. The number of hydrogen-bond acceptors (Lipinski definition) is 4. The zero-order valence-corrected chi connectivity index (χ0v) is 12.9. The number of amides is 1. The van der Waals surface area contributed by atoms with Gasteiger partial charge in [-0.1, -0.05) is 6.42 Å². The molecule has 1 saturated heterocycles. The van der Waals surface area contributed by atoms with Gasteiger partial charge in [-0.3, -0.25) is 4.79 Å². The minimum absolute atomic E-state index is 0.0367. The average Bonchev–Trinajstić information content (AvgIpc) is 2.57. The van der Waals surface area contributed by atoms with Crippen molar-refractivity contribution in [1.29, 1.82) is 0 Å². The highest BCUT2D eigenvalue weighted by molar-refractivity contribution is 6.01. The number of carbonyl (C=O) groups excluding carboxylic acids is 1. The van der Waals surface area contributed by atoms with Crippen LogP contribution in [0.4, 0.5) is 11.4 Å². The number of piperazine rings is 1. The lowest BCUT2D eigenvalue weighted by atomic mass is 9.83. The smallest absolute Gasteiger partial charge is 0.268 e. The van der Waals surface area contributed by atoms with Crippen molar-refractivity contribution >= 4 is 17.3 Å².